The predicted octanol–water partition coefficient (Wildman–Crippen LogP) is 9.75. The van der Waals surface area contributed by atoms with Crippen molar-refractivity contribution < 1.29 is 0 Å². The minimum absolute atomic E-state index is 1.16. The number of hydrogen-bond acceptors (Lipinski definition) is 0. The van der Waals surface area contributed by atoms with E-state index < -0.39 is 0 Å². The number of fused-ring (bicyclic) bond motifs is 6. The number of aromatic amines is 1. The van der Waals surface area contributed by atoms with Gasteiger partial charge in [0.2, 0.25) is 0 Å². The quantitative estimate of drug-likeness (QED) is 0.258. The van der Waals surface area contributed by atoms with Crippen molar-refractivity contribution in [2.75, 3.05) is 0 Å². The van der Waals surface area contributed by atoms with Crippen molar-refractivity contribution in [1.82, 2.24) is 9.55 Å². The van der Waals surface area contributed by atoms with E-state index in [4.69, 9.17) is 0 Å². The Balaban J connectivity index is 1.49. The zero-order chi connectivity index (χ0) is 25.1. The second-order valence-corrected chi connectivity index (χ2v) is 9.87. The summed E-state index contributed by atoms with van der Waals surface area (Å²) >= 11 is 0. The largest absolute Gasteiger partial charge is 0.354 e. The minimum atomic E-state index is 1.16. The van der Waals surface area contributed by atoms with E-state index in [1.807, 2.05) is 0 Å². The molecular formula is C36H24N2. The number of hydrogen-bond donors (Lipinski definition) is 1. The second-order valence-electron chi connectivity index (χ2n) is 9.87. The highest BCUT2D eigenvalue weighted by molar-refractivity contribution is 6.19. The molecule has 2 heteroatoms. The number of aromatic nitrogens is 2. The highest BCUT2D eigenvalue weighted by Gasteiger charge is 2.18. The number of para-hydroxylation sites is 3. The van der Waals surface area contributed by atoms with Crippen molar-refractivity contribution in [3.05, 3.63) is 140 Å². The smallest absolute Gasteiger partial charge is 0.0541 e. The fraction of sp³-hybridized carbons (Fsp3) is 0. The summed E-state index contributed by atoms with van der Waals surface area (Å²) in [5.74, 6) is 0. The molecule has 0 saturated heterocycles. The molecule has 2 aromatic heterocycles. The SMILES string of the molecule is c1ccc(-c2ccc3[nH]c4ccccc4c3c2-c2ccc3c(c2)c2ccccc2n3-c2ccccc2)cc1. The van der Waals surface area contributed by atoms with Gasteiger partial charge in [-0.25, -0.2) is 0 Å². The molecule has 0 atom stereocenters. The van der Waals surface area contributed by atoms with Crippen LogP contribution in [0.25, 0.3) is 71.6 Å². The van der Waals surface area contributed by atoms with Gasteiger partial charge in [-0.2, -0.15) is 0 Å². The first-order chi connectivity index (χ1) is 18.9. The highest BCUT2D eigenvalue weighted by atomic mass is 15.0. The van der Waals surface area contributed by atoms with E-state index in [-0.39, 0.29) is 0 Å². The predicted molar refractivity (Wildman–Crippen MR) is 161 cm³/mol. The molecular weight excluding hydrogens is 460 g/mol. The van der Waals surface area contributed by atoms with E-state index in [2.05, 4.69) is 149 Å². The summed E-state index contributed by atoms with van der Waals surface area (Å²) in [6, 6.07) is 50.2. The second kappa shape index (κ2) is 8.22. The minimum Gasteiger partial charge on any atom is -0.354 e. The van der Waals surface area contributed by atoms with Crippen molar-refractivity contribution in [2.24, 2.45) is 0 Å². The van der Waals surface area contributed by atoms with E-state index in [0.29, 0.717) is 0 Å². The third-order valence-electron chi connectivity index (χ3n) is 7.73. The number of nitrogens with zero attached hydrogens (tertiary/aromatic N) is 1. The molecule has 38 heavy (non-hydrogen) atoms. The van der Waals surface area contributed by atoms with E-state index in [1.165, 1.54) is 60.5 Å². The summed E-state index contributed by atoms with van der Waals surface area (Å²) in [7, 11) is 0. The van der Waals surface area contributed by atoms with Gasteiger partial charge >= 0.3 is 0 Å². The fourth-order valence-electron chi connectivity index (χ4n) is 6.08. The van der Waals surface area contributed by atoms with Crippen LogP contribution in [0.3, 0.4) is 0 Å². The van der Waals surface area contributed by atoms with Crippen LogP contribution in [0, 0.1) is 0 Å². The molecule has 8 aromatic rings. The number of benzene rings is 6. The average Bonchev–Trinajstić information content (AvgIpc) is 3.53. The van der Waals surface area contributed by atoms with Crippen LogP contribution in [0.5, 0.6) is 0 Å². The monoisotopic (exact) mass is 484 g/mol. The van der Waals surface area contributed by atoms with Crippen molar-refractivity contribution in [3.63, 3.8) is 0 Å². The molecule has 178 valence electrons. The molecule has 6 aromatic carbocycles. The molecule has 0 fully saturated rings. The summed E-state index contributed by atoms with van der Waals surface area (Å²) in [6.45, 7) is 0. The molecule has 0 radical (unpaired) electrons. The zero-order valence-electron chi connectivity index (χ0n) is 20.7. The summed E-state index contributed by atoms with van der Waals surface area (Å²) in [6.07, 6.45) is 0. The molecule has 0 amide bonds. The van der Waals surface area contributed by atoms with Crippen molar-refractivity contribution in [3.8, 4) is 27.9 Å². The number of rotatable bonds is 3. The molecule has 2 heterocycles. The van der Waals surface area contributed by atoms with Crippen LogP contribution in [0.1, 0.15) is 0 Å². The molecule has 0 saturated carbocycles. The molecule has 2 nitrogen and oxygen atoms in total. The lowest BCUT2D eigenvalue weighted by molar-refractivity contribution is 1.18. The summed E-state index contributed by atoms with van der Waals surface area (Å²) in [4.78, 5) is 3.66. The van der Waals surface area contributed by atoms with Crippen LogP contribution >= 0.6 is 0 Å². The fourth-order valence-corrected chi connectivity index (χ4v) is 6.08. The van der Waals surface area contributed by atoms with Crippen molar-refractivity contribution in [2.45, 2.75) is 0 Å². The molecule has 0 bridgehead atoms. The Kier molecular flexibility index (Phi) is 4.55. The first-order valence-electron chi connectivity index (χ1n) is 13.0. The van der Waals surface area contributed by atoms with Gasteiger partial charge in [-0.1, -0.05) is 97.1 Å². The van der Waals surface area contributed by atoms with E-state index >= 15 is 0 Å². The third kappa shape index (κ3) is 3.07. The maximum Gasteiger partial charge on any atom is 0.0541 e. The van der Waals surface area contributed by atoms with E-state index in [0.717, 1.165) is 11.0 Å². The summed E-state index contributed by atoms with van der Waals surface area (Å²) in [5.41, 5.74) is 10.9. The van der Waals surface area contributed by atoms with Gasteiger partial charge < -0.3 is 9.55 Å². The van der Waals surface area contributed by atoms with Crippen LogP contribution in [-0.4, -0.2) is 9.55 Å². The van der Waals surface area contributed by atoms with Crippen LogP contribution in [0.2, 0.25) is 0 Å². The molecule has 0 aliphatic heterocycles. The Bertz CT molecular complexity index is 2110. The Morgan fingerprint density at radius 2 is 1.13 bits per heavy atom. The summed E-state index contributed by atoms with van der Waals surface area (Å²) < 4.78 is 2.37. The zero-order valence-corrected chi connectivity index (χ0v) is 20.7. The molecule has 0 aliphatic carbocycles. The van der Waals surface area contributed by atoms with Crippen LogP contribution < -0.4 is 0 Å². The van der Waals surface area contributed by atoms with Gasteiger partial charge in [0.25, 0.3) is 0 Å². The standard InChI is InChI=1S/C36H24N2/c1-3-11-24(12-4-1)27-20-21-32-36(29-16-7-9-17-31(29)37-32)35(27)25-19-22-34-30(23-25)28-15-8-10-18-33(28)38(34)26-13-5-2-6-14-26/h1-23,37H. The Labute approximate surface area is 220 Å². The van der Waals surface area contributed by atoms with Gasteiger partial charge in [-0.3, -0.25) is 0 Å². The molecule has 0 spiro atoms. The first kappa shape index (κ1) is 21.0. The highest BCUT2D eigenvalue weighted by Crippen LogP contribution is 2.43. The van der Waals surface area contributed by atoms with Gasteiger partial charge in [0.15, 0.2) is 0 Å². The van der Waals surface area contributed by atoms with Gasteiger partial charge in [0.1, 0.15) is 0 Å². The Morgan fingerprint density at radius 1 is 0.447 bits per heavy atom. The first-order valence-corrected chi connectivity index (χ1v) is 13.0. The van der Waals surface area contributed by atoms with Crippen molar-refractivity contribution in [1.29, 1.82) is 0 Å². The van der Waals surface area contributed by atoms with Gasteiger partial charge in [0, 0.05) is 38.3 Å². The maximum atomic E-state index is 3.66. The maximum absolute atomic E-state index is 3.66. The van der Waals surface area contributed by atoms with E-state index in [1.54, 1.807) is 0 Å². The average molecular weight is 485 g/mol. The van der Waals surface area contributed by atoms with Crippen LogP contribution in [0.4, 0.5) is 0 Å². The van der Waals surface area contributed by atoms with Crippen molar-refractivity contribution >= 4 is 43.6 Å². The van der Waals surface area contributed by atoms with Crippen LogP contribution in [-0.2, 0) is 0 Å². The number of H-pyrrole nitrogens is 1. The molecule has 8 rings (SSSR count). The lowest BCUT2D eigenvalue weighted by Crippen LogP contribution is -1.93. The Hall–Kier alpha value is -5.08. The van der Waals surface area contributed by atoms with Gasteiger partial charge in [-0.15, -0.1) is 0 Å². The molecule has 0 aliphatic rings. The Morgan fingerprint density at radius 3 is 1.97 bits per heavy atom. The number of nitrogens with one attached hydrogen (secondary N) is 1. The van der Waals surface area contributed by atoms with Gasteiger partial charge in [0.05, 0.1) is 11.0 Å². The van der Waals surface area contributed by atoms with E-state index in [9.17, 15) is 0 Å². The molecule has 1 N–H and O–H groups in total. The summed E-state index contributed by atoms with van der Waals surface area (Å²) in [5, 5.41) is 5.05. The normalized spacial score (nSPS) is 11.7. The molecule has 0 unspecified atom stereocenters. The lowest BCUT2D eigenvalue weighted by Gasteiger charge is -2.14. The van der Waals surface area contributed by atoms with Gasteiger partial charge in [-0.05, 0) is 64.7 Å². The lowest BCUT2D eigenvalue weighted by atomic mass is 9.90. The third-order valence-corrected chi connectivity index (χ3v) is 7.73. The topological polar surface area (TPSA) is 20.7 Å². The van der Waals surface area contributed by atoms with Crippen LogP contribution in [0.15, 0.2) is 140 Å².